The van der Waals surface area contributed by atoms with E-state index in [1.54, 1.807) is 11.3 Å². The van der Waals surface area contributed by atoms with Crippen LogP contribution in [0.5, 0.6) is 0 Å². The Labute approximate surface area is 135 Å². The van der Waals surface area contributed by atoms with E-state index in [2.05, 4.69) is 10.3 Å². The third-order valence-electron chi connectivity index (χ3n) is 2.71. The van der Waals surface area contributed by atoms with Crippen LogP contribution in [0.3, 0.4) is 0 Å². The number of carbonyl (C=O) groups is 1. The number of hydrogen-bond donors (Lipinski definition) is 1. The fourth-order valence-electron chi connectivity index (χ4n) is 1.79. The van der Waals surface area contributed by atoms with Gasteiger partial charge < -0.3 is 5.32 Å². The molecule has 3 rings (SSSR count). The predicted octanol–water partition coefficient (Wildman–Crippen LogP) is 4.68. The van der Waals surface area contributed by atoms with Crippen LogP contribution in [0.2, 0.25) is 5.02 Å². The maximum absolute atomic E-state index is 11.9. The molecule has 106 valence electrons. The molecule has 21 heavy (non-hydrogen) atoms. The minimum Gasteiger partial charge on any atom is -0.325 e. The first-order valence-electron chi connectivity index (χ1n) is 6.24. The molecule has 0 saturated heterocycles. The predicted molar refractivity (Wildman–Crippen MR) is 90.4 cm³/mol. The van der Waals surface area contributed by atoms with E-state index in [-0.39, 0.29) is 5.91 Å². The summed E-state index contributed by atoms with van der Waals surface area (Å²) in [5.41, 5.74) is 1.68. The van der Waals surface area contributed by atoms with Gasteiger partial charge in [0.25, 0.3) is 0 Å². The average Bonchev–Trinajstić information content (AvgIpc) is 2.88. The zero-order chi connectivity index (χ0) is 14.7. The largest absolute Gasteiger partial charge is 0.325 e. The number of fused-ring (bicyclic) bond motifs is 1. The summed E-state index contributed by atoms with van der Waals surface area (Å²) >= 11 is 8.94. The molecule has 1 amide bonds. The van der Waals surface area contributed by atoms with Gasteiger partial charge in [-0.15, -0.1) is 11.3 Å². The van der Waals surface area contributed by atoms with Crippen molar-refractivity contribution in [1.29, 1.82) is 0 Å². The van der Waals surface area contributed by atoms with Gasteiger partial charge in [-0.2, -0.15) is 0 Å². The van der Waals surface area contributed by atoms with Gasteiger partial charge in [-0.05, 0) is 30.3 Å². The van der Waals surface area contributed by atoms with E-state index in [0.717, 1.165) is 20.2 Å². The second kappa shape index (κ2) is 6.47. The number of thiazole rings is 1. The van der Waals surface area contributed by atoms with Gasteiger partial charge in [0, 0.05) is 10.7 Å². The molecule has 0 spiro atoms. The van der Waals surface area contributed by atoms with Crippen molar-refractivity contribution in [1.82, 2.24) is 4.98 Å². The van der Waals surface area contributed by atoms with Crippen LogP contribution >= 0.6 is 34.7 Å². The maximum atomic E-state index is 11.9. The third kappa shape index (κ3) is 3.75. The van der Waals surface area contributed by atoms with Crippen LogP contribution in [0, 0.1) is 0 Å². The highest BCUT2D eigenvalue weighted by Gasteiger charge is 2.08. The molecule has 0 aliphatic heterocycles. The SMILES string of the molecule is O=C(CSc1nc2cc(Cl)ccc2s1)Nc1ccccc1. The van der Waals surface area contributed by atoms with Crippen molar-refractivity contribution in [2.45, 2.75) is 4.34 Å². The van der Waals surface area contributed by atoms with Crippen LogP contribution in [0.4, 0.5) is 5.69 Å². The molecule has 0 fully saturated rings. The molecule has 0 radical (unpaired) electrons. The van der Waals surface area contributed by atoms with E-state index in [1.165, 1.54) is 11.8 Å². The molecule has 0 aliphatic carbocycles. The molecule has 0 bridgehead atoms. The van der Waals surface area contributed by atoms with Crippen LogP contribution in [-0.4, -0.2) is 16.6 Å². The molecule has 1 heterocycles. The van der Waals surface area contributed by atoms with Crippen LogP contribution in [0.15, 0.2) is 52.9 Å². The normalized spacial score (nSPS) is 10.7. The molecular weight excluding hydrogens is 324 g/mol. The molecule has 0 atom stereocenters. The molecule has 6 heteroatoms. The lowest BCUT2D eigenvalue weighted by Crippen LogP contribution is -2.13. The van der Waals surface area contributed by atoms with Crippen molar-refractivity contribution < 1.29 is 4.79 Å². The van der Waals surface area contributed by atoms with Gasteiger partial charge in [-0.1, -0.05) is 41.6 Å². The zero-order valence-corrected chi connectivity index (χ0v) is 13.3. The molecule has 3 nitrogen and oxygen atoms in total. The lowest BCUT2D eigenvalue weighted by Gasteiger charge is -2.03. The number of aromatic nitrogens is 1. The van der Waals surface area contributed by atoms with Crippen LogP contribution in [0.25, 0.3) is 10.2 Å². The zero-order valence-electron chi connectivity index (χ0n) is 10.9. The summed E-state index contributed by atoms with van der Waals surface area (Å²) < 4.78 is 1.95. The fourth-order valence-corrected chi connectivity index (χ4v) is 3.80. The topological polar surface area (TPSA) is 42.0 Å². The van der Waals surface area contributed by atoms with Gasteiger partial charge in [-0.3, -0.25) is 4.79 Å². The monoisotopic (exact) mass is 334 g/mol. The summed E-state index contributed by atoms with van der Waals surface area (Å²) in [6.07, 6.45) is 0. The third-order valence-corrected chi connectivity index (χ3v) is 5.13. The fraction of sp³-hybridized carbons (Fsp3) is 0.0667. The average molecular weight is 335 g/mol. The first-order chi connectivity index (χ1) is 10.2. The lowest BCUT2D eigenvalue weighted by molar-refractivity contribution is -0.113. The Balaban J connectivity index is 1.62. The Morgan fingerprint density at radius 1 is 1.24 bits per heavy atom. The molecular formula is C15H11ClN2OS2. The van der Waals surface area contributed by atoms with Crippen molar-refractivity contribution in [2.75, 3.05) is 11.1 Å². The summed E-state index contributed by atoms with van der Waals surface area (Å²) in [6.45, 7) is 0. The van der Waals surface area contributed by atoms with E-state index in [1.807, 2.05) is 48.5 Å². The molecule has 0 aliphatic rings. The number of nitrogens with one attached hydrogen (secondary N) is 1. The quantitative estimate of drug-likeness (QED) is 0.704. The summed E-state index contributed by atoms with van der Waals surface area (Å²) in [6, 6.07) is 15.0. The van der Waals surface area contributed by atoms with Crippen LogP contribution < -0.4 is 5.32 Å². The van der Waals surface area contributed by atoms with E-state index >= 15 is 0 Å². The first-order valence-corrected chi connectivity index (χ1v) is 8.42. The molecule has 1 N–H and O–H groups in total. The second-order valence-electron chi connectivity index (χ2n) is 4.29. The van der Waals surface area contributed by atoms with Gasteiger partial charge in [0.1, 0.15) is 0 Å². The Morgan fingerprint density at radius 3 is 2.86 bits per heavy atom. The van der Waals surface area contributed by atoms with Gasteiger partial charge in [0.05, 0.1) is 16.0 Å². The number of carbonyl (C=O) groups excluding carboxylic acids is 1. The molecule has 2 aromatic carbocycles. The van der Waals surface area contributed by atoms with E-state index < -0.39 is 0 Å². The van der Waals surface area contributed by atoms with E-state index in [0.29, 0.717) is 10.8 Å². The van der Waals surface area contributed by atoms with Crippen LogP contribution in [-0.2, 0) is 4.79 Å². The standard InChI is InChI=1S/C15H11ClN2OS2/c16-10-6-7-13-12(8-10)18-15(21-13)20-9-14(19)17-11-4-2-1-3-5-11/h1-8H,9H2,(H,17,19). The number of benzene rings is 2. The van der Waals surface area contributed by atoms with Crippen molar-refractivity contribution in [3.05, 3.63) is 53.6 Å². The van der Waals surface area contributed by atoms with Crippen molar-refractivity contribution in [3.63, 3.8) is 0 Å². The molecule has 0 unspecified atom stereocenters. The van der Waals surface area contributed by atoms with Gasteiger partial charge in [0.2, 0.25) is 5.91 Å². The number of hydrogen-bond acceptors (Lipinski definition) is 4. The summed E-state index contributed by atoms with van der Waals surface area (Å²) in [5, 5.41) is 3.52. The van der Waals surface area contributed by atoms with Crippen molar-refractivity contribution in [2.24, 2.45) is 0 Å². The Hall–Kier alpha value is -1.56. The van der Waals surface area contributed by atoms with E-state index in [9.17, 15) is 4.79 Å². The smallest absolute Gasteiger partial charge is 0.234 e. The van der Waals surface area contributed by atoms with Gasteiger partial charge >= 0.3 is 0 Å². The maximum Gasteiger partial charge on any atom is 0.234 e. The highest BCUT2D eigenvalue weighted by Crippen LogP contribution is 2.30. The number of para-hydroxylation sites is 1. The minimum absolute atomic E-state index is 0.0384. The molecule has 3 aromatic rings. The van der Waals surface area contributed by atoms with Crippen molar-refractivity contribution in [3.8, 4) is 0 Å². The number of thioether (sulfide) groups is 1. The van der Waals surface area contributed by atoms with Crippen molar-refractivity contribution >= 4 is 56.5 Å². The Morgan fingerprint density at radius 2 is 2.05 bits per heavy atom. The number of halogens is 1. The summed E-state index contributed by atoms with van der Waals surface area (Å²) in [7, 11) is 0. The summed E-state index contributed by atoms with van der Waals surface area (Å²) in [5.74, 6) is 0.297. The minimum atomic E-state index is -0.0384. The molecule has 0 saturated carbocycles. The van der Waals surface area contributed by atoms with Gasteiger partial charge in [0.15, 0.2) is 4.34 Å². The number of nitrogens with zero attached hydrogens (tertiary/aromatic N) is 1. The van der Waals surface area contributed by atoms with Crippen LogP contribution in [0.1, 0.15) is 0 Å². The highest BCUT2D eigenvalue weighted by molar-refractivity contribution is 8.01. The lowest BCUT2D eigenvalue weighted by atomic mass is 10.3. The van der Waals surface area contributed by atoms with E-state index in [4.69, 9.17) is 11.6 Å². The second-order valence-corrected chi connectivity index (χ2v) is 6.98. The molecule has 1 aromatic heterocycles. The van der Waals surface area contributed by atoms with Gasteiger partial charge in [-0.25, -0.2) is 4.98 Å². The Kier molecular flexibility index (Phi) is 4.43. The Bertz CT molecular complexity index is 774. The highest BCUT2D eigenvalue weighted by atomic mass is 35.5. The number of amides is 1. The first kappa shape index (κ1) is 14.4. The number of anilines is 1. The number of rotatable bonds is 4. The summed E-state index contributed by atoms with van der Waals surface area (Å²) in [4.78, 5) is 16.3.